The van der Waals surface area contributed by atoms with Crippen molar-refractivity contribution in [2.45, 2.75) is 0 Å². The number of methoxy groups -OCH3 is 1. The van der Waals surface area contributed by atoms with Gasteiger partial charge in [0.2, 0.25) is 0 Å². The maximum absolute atomic E-state index is 4.89. The van der Waals surface area contributed by atoms with Crippen LogP contribution in [0.3, 0.4) is 0 Å². The van der Waals surface area contributed by atoms with Crippen LogP contribution in [0.1, 0.15) is 0 Å². The normalized spacial score (nSPS) is 7.86. The van der Waals surface area contributed by atoms with Crippen LogP contribution >= 0.6 is 0 Å². The molecule has 0 saturated heterocycles. The number of hydrogen-bond acceptors (Lipinski definition) is 1. The van der Waals surface area contributed by atoms with E-state index in [0.29, 0.717) is 0 Å². The predicted octanol–water partition coefficient (Wildman–Crippen LogP) is 4.47. The molecule has 0 radical (unpaired) electrons. The van der Waals surface area contributed by atoms with Gasteiger partial charge in [-0.05, 0) is 0 Å². The maximum atomic E-state index is 4.89. The van der Waals surface area contributed by atoms with Crippen LogP contribution in [0.2, 0.25) is 0 Å². The first-order valence-electron chi connectivity index (χ1n) is 6.26. The van der Waals surface area contributed by atoms with Crippen LogP contribution in [0.5, 0.6) is 5.75 Å². The Labute approximate surface area is 140 Å². The molecule has 0 aromatic heterocycles. The number of rotatable bonds is 1. The molecule has 0 heterocycles. The summed E-state index contributed by atoms with van der Waals surface area (Å²) >= 11 is 0. The van der Waals surface area contributed by atoms with Gasteiger partial charge in [-0.1, -0.05) is 0 Å². The predicted molar refractivity (Wildman–Crippen MR) is 82.4 cm³/mol. The summed E-state index contributed by atoms with van der Waals surface area (Å²) in [5, 5.41) is 0. The average molecular weight is 452 g/mol. The van der Waals surface area contributed by atoms with Crippen LogP contribution in [0.25, 0.3) is 0 Å². The van der Waals surface area contributed by atoms with E-state index >= 15 is 0 Å². The van der Waals surface area contributed by atoms with Gasteiger partial charge in [-0.25, -0.2) is 0 Å². The minimum absolute atomic E-state index is 0. The van der Waals surface area contributed by atoms with Crippen LogP contribution < -0.4 is 4.74 Å². The van der Waals surface area contributed by atoms with Crippen molar-refractivity contribution in [3.05, 3.63) is 103 Å². The Bertz CT molecular complexity index is 427. The van der Waals surface area contributed by atoms with Crippen LogP contribution in [0.4, 0.5) is 0 Å². The largest absolute Gasteiger partial charge is 0.522 e. The molecule has 0 aliphatic carbocycles. The molecular formula is C19H17OOs-3. The van der Waals surface area contributed by atoms with Crippen molar-refractivity contribution in [1.29, 1.82) is 0 Å². The molecule has 0 bridgehead atoms. The van der Waals surface area contributed by atoms with E-state index in [2.05, 4.69) is 18.2 Å². The number of benzene rings is 3. The van der Waals surface area contributed by atoms with E-state index in [4.69, 9.17) is 4.74 Å². The molecule has 0 aliphatic rings. The van der Waals surface area contributed by atoms with Gasteiger partial charge in [0.05, 0.1) is 7.11 Å². The molecule has 0 amide bonds. The van der Waals surface area contributed by atoms with Crippen molar-refractivity contribution in [1.82, 2.24) is 0 Å². The monoisotopic (exact) mass is 453 g/mol. The molecule has 0 aliphatic heterocycles. The Morgan fingerprint density at radius 1 is 0.619 bits per heavy atom. The summed E-state index contributed by atoms with van der Waals surface area (Å²) in [5.74, 6) is 0.878. The zero-order valence-electron chi connectivity index (χ0n) is 11.8. The topological polar surface area (TPSA) is 9.23 Å². The summed E-state index contributed by atoms with van der Waals surface area (Å²) in [6.45, 7) is 0. The Morgan fingerprint density at radius 3 is 1.19 bits per heavy atom. The van der Waals surface area contributed by atoms with Crippen LogP contribution in [-0.4, -0.2) is 7.11 Å². The second-order valence-electron chi connectivity index (χ2n) is 3.59. The summed E-state index contributed by atoms with van der Waals surface area (Å²) in [6, 6.07) is 35.2. The molecule has 0 unspecified atom stereocenters. The van der Waals surface area contributed by atoms with Gasteiger partial charge in [-0.15, -0.1) is 12.1 Å². The first-order chi connectivity index (χ1) is 9.93. The second kappa shape index (κ2) is 14.5. The van der Waals surface area contributed by atoms with Gasteiger partial charge in [0.15, 0.2) is 0 Å². The Morgan fingerprint density at radius 2 is 1.00 bits per heavy atom. The van der Waals surface area contributed by atoms with E-state index in [0.717, 1.165) is 5.75 Å². The summed E-state index contributed by atoms with van der Waals surface area (Å²) in [6.07, 6.45) is 0. The standard InChI is InChI=1S/C7H7O.2C6H5.Os/c1-8-7-5-3-2-4-6-7;2*1-2-4-6-5-3-1;/h3-6H,1H3;2*1-5H;/q3*-1;. The third-order valence-corrected chi connectivity index (χ3v) is 2.14. The van der Waals surface area contributed by atoms with Gasteiger partial charge in [-0.3, -0.25) is 0 Å². The fourth-order valence-corrected chi connectivity index (χ4v) is 1.19. The van der Waals surface area contributed by atoms with Crippen molar-refractivity contribution in [2.75, 3.05) is 7.11 Å². The van der Waals surface area contributed by atoms with Crippen molar-refractivity contribution >= 4 is 0 Å². The first kappa shape index (κ1) is 19.1. The van der Waals surface area contributed by atoms with Gasteiger partial charge in [0, 0.05) is 25.5 Å². The third-order valence-electron chi connectivity index (χ3n) is 2.14. The molecule has 3 aromatic rings. The third kappa shape index (κ3) is 11.6. The fraction of sp³-hybridized carbons (Fsp3) is 0.0526. The van der Waals surface area contributed by atoms with E-state index in [1.54, 1.807) is 7.11 Å². The maximum Gasteiger partial charge on any atom is 0.0743 e. The number of hydrogen-bond donors (Lipinski definition) is 0. The Hall–Kier alpha value is -1.90. The minimum atomic E-state index is 0. The molecule has 0 N–H and O–H groups in total. The molecule has 3 rings (SSSR count). The quantitative estimate of drug-likeness (QED) is 0.496. The molecular weight excluding hydrogens is 434 g/mol. The van der Waals surface area contributed by atoms with Gasteiger partial charge < -0.3 is 4.74 Å². The smallest absolute Gasteiger partial charge is 0.0743 e. The molecule has 1 nitrogen and oxygen atoms in total. The number of ether oxygens (including phenoxy) is 1. The average Bonchev–Trinajstić information content (AvgIpc) is 2.60. The summed E-state index contributed by atoms with van der Waals surface area (Å²) < 4.78 is 4.89. The Balaban J connectivity index is 0.000000283. The van der Waals surface area contributed by atoms with Gasteiger partial charge in [-0.2, -0.15) is 91.0 Å². The summed E-state index contributed by atoms with van der Waals surface area (Å²) in [4.78, 5) is 0. The van der Waals surface area contributed by atoms with Crippen molar-refractivity contribution in [2.24, 2.45) is 0 Å². The van der Waals surface area contributed by atoms with E-state index in [1.807, 2.05) is 84.9 Å². The van der Waals surface area contributed by atoms with Crippen LogP contribution in [0, 0.1) is 18.2 Å². The van der Waals surface area contributed by atoms with Gasteiger partial charge in [0.1, 0.15) is 0 Å². The van der Waals surface area contributed by atoms with Crippen LogP contribution in [-0.2, 0) is 19.8 Å². The van der Waals surface area contributed by atoms with Crippen LogP contribution in [0.15, 0.2) is 84.9 Å². The second-order valence-corrected chi connectivity index (χ2v) is 3.59. The van der Waals surface area contributed by atoms with E-state index in [1.165, 1.54) is 0 Å². The zero-order chi connectivity index (χ0) is 14.3. The van der Waals surface area contributed by atoms with E-state index in [9.17, 15) is 0 Å². The fourth-order valence-electron chi connectivity index (χ4n) is 1.19. The molecule has 0 atom stereocenters. The SMILES string of the molecule is COc1cc[c-]cc1.[Os].[c-]1ccccc1.[c-]1ccccc1. The molecule has 21 heavy (non-hydrogen) atoms. The minimum Gasteiger partial charge on any atom is -0.522 e. The van der Waals surface area contributed by atoms with E-state index in [-0.39, 0.29) is 19.8 Å². The van der Waals surface area contributed by atoms with Gasteiger partial charge >= 0.3 is 0 Å². The van der Waals surface area contributed by atoms with E-state index < -0.39 is 0 Å². The summed E-state index contributed by atoms with van der Waals surface area (Å²) in [7, 11) is 1.65. The molecule has 110 valence electrons. The zero-order valence-corrected chi connectivity index (χ0v) is 14.4. The van der Waals surface area contributed by atoms with Crippen molar-refractivity contribution in [3.8, 4) is 5.75 Å². The summed E-state index contributed by atoms with van der Waals surface area (Å²) in [5.41, 5.74) is 0. The molecule has 3 aromatic carbocycles. The molecule has 0 fully saturated rings. The molecule has 2 heteroatoms. The van der Waals surface area contributed by atoms with Crippen molar-refractivity contribution < 1.29 is 24.5 Å². The van der Waals surface area contributed by atoms with Gasteiger partial charge in [0.25, 0.3) is 0 Å². The first-order valence-corrected chi connectivity index (χ1v) is 6.26. The molecule has 0 spiro atoms. The van der Waals surface area contributed by atoms with Crippen molar-refractivity contribution in [3.63, 3.8) is 0 Å². The Kier molecular flexibility index (Phi) is 13.2. The molecule has 0 saturated carbocycles.